The first-order valence-corrected chi connectivity index (χ1v) is 9.56. The molecule has 1 aliphatic carbocycles. The maximum Gasteiger partial charge on any atom is 0.255 e. The summed E-state index contributed by atoms with van der Waals surface area (Å²) in [7, 11) is 0. The second-order valence-electron chi connectivity index (χ2n) is 7.74. The Kier molecular flexibility index (Phi) is 3.75. The number of benzene rings is 1. The molecule has 2 aliphatic rings. The summed E-state index contributed by atoms with van der Waals surface area (Å²) in [6, 6.07) is 7.56. The van der Waals surface area contributed by atoms with Gasteiger partial charge in [0.2, 0.25) is 11.9 Å². The van der Waals surface area contributed by atoms with Gasteiger partial charge in [0.25, 0.3) is 5.56 Å². The summed E-state index contributed by atoms with van der Waals surface area (Å²) in [6.45, 7) is 1.28. The molecule has 8 nitrogen and oxygen atoms in total. The van der Waals surface area contributed by atoms with Gasteiger partial charge in [-0.15, -0.1) is 0 Å². The van der Waals surface area contributed by atoms with Gasteiger partial charge in [0.1, 0.15) is 5.69 Å². The van der Waals surface area contributed by atoms with Crippen molar-refractivity contribution >= 4 is 22.8 Å². The van der Waals surface area contributed by atoms with Crippen LogP contribution in [0.5, 0.6) is 0 Å². The van der Waals surface area contributed by atoms with E-state index in [9.17, 15) is 9.59 Å². The number of anilines is 1. The van der Waals surface area contributed by atoms with Crippen molar-refractivity contribution < 1.29 is 9.32 Å². The Bertz CT molecular complexity index is 1120. The molecule has 1 amide bonds. The number of nitrogen functional groups attached to an aromatic ring is 1. The van der Waals surface area contributed by atoms with Gasteiger partial charge in [0.05, 0.1) is 12.1 Å². The third-order valence-corrected chi connectivity index (χ3v) is 6.23. The summed E-state index contributed by atoms with van der Waals surface area (Å²) in [6.07, 6.45) is 3.42. The normalized spacial score (nSPS) is 17.9. The van der Waals surface area contributed by atoms with Gasteiger partial charge in [-0.2, -0.15) is 0 Å². The molecule has 1 aromatic carbocycles. The van der Waals surface area contributed by atoms with Gasteiger partial charge in [0.15, 0.2) is 5.58 Å². The van der Waals surface area contributed by atoms with E-state index < -0.39 is 0 Å². The number of carbonyl (C=O) groups excluding carboxylic acids is 1. The zero-order valence-electron chi connectivity index (χ0n) is 15.4. The van der Waals surface area contributed by atoms with Crippen molar-refractivity contribution in [1.29, 1.82) is 0 Å². The van der Waals surface area contributed by atoms with Crippen molar-refractivity contribution in [2.24, 2.45) is 0 Å². The van der Waals surface area contributed by atoms with Crippen molar-refractivity contribution in [2.75, 3.05) is 18.8 Å². The lowest BCUT2D eigenvalue weighted by atomic mass is 9.76. The summed E-state index contributed by atoms with van der Waals surface area (Å²) < 4.78 is 5.30. The van der Waals surface area contributed by atoms with Gasteiger partial charge >= 0.3 is 0 Å². The summed E-state index contributed by atoms with van der Waals surface area (Å²) in [5, 5.41) is 4.95. The minimum absolute atomic E-state index is 0.0468. The maximum atomic E-state index is 12.8. The lowest BCUT2D eigenvalue weighted by Gasteiger charge is -2.39. The van der Waals surface area contributed by atoms with Crippen molar-refractivity contribution in [3.05, 3.63) is 51.6 Å². The quantitative estimate of drug-likeness (QED) is 0.697. The largest absolute Gasteiger partial charge is 0.369 e. The number of amides is 1. The first-order chi connectivity index (χ1) is 13.6. The Hall–Kier alpha value is -3.16. The van der Waals surface area contributed by atoms with Crippen LogP contribution in [0.3, 0.4) is 0 Å². The smallest absolute Gasteiger partial charge is 0.255 e. The highest BCUT2D eigenvalue weighted by molar-refractivity contribution is 5.86. The molecule has 0 bridgehead atoms. The van der Waals surface area contributed by atoms with Gasteiger partial charge < -0.3 is 15.2 Å². The summed E-state index contributed by atoms with van der Waals surface area (Å²) in [5.74, 6) is 0.215. The Morgan fingerprint density at radius 1 is 1.25 bits per heavy atom. The minimum atomic E-state index is -0.144. The van der Waals surface area contributed by atoms with Gasteiger partial charge in [-0.05, 0) is 37.8 Å². The van der Waals surface area contributed by atoms with E-state index in [4.69, 9.17) is 10.3 Å². The van der Waals surface area contributed by atoms with Crippen molar-refractivity contribution in [1.82, 2.24) is 20.0 Å². The molecule has 0 saturated carbocycles. The van der Waals surface area contributed by atoms with Crippen molar-refractivity contribution in [3.8, 4) is 0 Å². The lowest BCUT2D eigenvalue weighted by Crippen LogP contribution is -2.45. The molecule has 0 radical (unpaired) electrons. The lowest BCUT2D eigenvalue weighted by molar-refractivity contribution is -0.132. The molecule has 5 rings (SSSR count). The molecule has 3 heterocycles. The third kappa shape index (κ3) is 2.59. The molecule has 28 heavy (non-hydrogen) atoms. The highest BCUT2D eigenvalue weighted by atomic mass is 16.5. The van der Waals surface area contributed by atoms with Gasteiger partial charge in [-0.1, -0.05) is 17.3 Å². The molecule has 2 aromatic heterocycles. The molecule has 144 valence electrons. The molecule has 1 aliphatic heterocycles. The molecule has 1 saturated heterocycles. The van der Waals surface area contributed by atoms with E-state index >= 15 is 0 Å². The number of likely N-dealkylation sites (tertiary alicyclic amines) is 1. The molecule has 1 spiro atoms. The monoisotopic (exact) mass is 379 g/mol. The van der Waals surface area contributed by atoms with Crippen molar-refractivity contribution in [2.45, 2.75) is 37.5 Å². The zero-order chi connectivity index (χ0) is 19.3. The molecule has 8 heteroatoms. The SMILES string of the molecule is Nc1nc2c(c(=O)[nH]1)CCC21CCN(C(=O)Cc2noc3ccccc23)CC1. The fourth-order valence-electron chi connectivity index (χ4n) is 4.66. The van der Waals surface area contributed by atoms with Crippen LogP contribution in [0.1, 0.15) is 36.2 Å². The van der Waals surface area contributed by atoms with E-state index in [0.717, 1.165) is 42.3 Å². The number of nitrogens with zero attached hydrogens (tertiary/aromatic N) is 3. The molecule has 1 fully saturated rings. The number of piperidine rings is 1. The number of fused-ring (bicyclic) bond motifs is 3. The number of para-hydroxylation sites is 1. The fourth-order valence-corrected chi connectivity index (χ4v) is 4.66. The number of H-pyrrole nitrogens is 1. The molecule has 0 atom stereocenters. The molecular weight excluding hydrogens is 358 g/mol. The Labute approximate surface area is 160 Å². The second kappa shape index (κ2) is 6.19. The number of hydrogen-bond donors (Lipinski definition) is 2. The third-order valence-electron chi connectivity index (χ3n) is 6.23. The number of hydrogen-bond acceptors (Lipinski definition) is 6. The van der Waals surface area contributed by atoms with Gasteiger partial charge in [-0.3, -0.25) is 14.6 Å². The maximum absolute atomic E-state index is 12.8. The van der Waals surface area contributed by atoms with E-state index in [0.29, 0.717) is 24.4 Å². The van der Waals surface area contributed by atoms with E-state index in [1.54, 1.807) is 0 Å². The van der Waals surface area contributed by atoms with Crippen molar-refractivity contribution in [3.63, 3.8) is 0 Å². The summed E-state index contributed by atoms with van der Waals surface area (Å²) in [4.78, 5) is 33.9. The average Bonchev–Trinajstić information content (AvgIpc) is 3.25. The number of nitrogens with one attached hydrogen (secondary N) is 1. The second-order valence-corrected chi connectivity index (χ2v) is 7.74. The fraction of sp³-hybridized carbons (Fsp3) is 0.400. The Balaban J connectivity index is 1.32. The number of aromatic nitrogens is 3. The molecule has 0 unspecified atom stereocenters. The highest BCUT2D eigenvalue weighted by Crippen LogP contribution is 2.44. The number of carbonyl (C=O) groups is 1. The topological polar surface area (TPSA) is 118 Å². The van der Waals surface area contributed by atoms with E-state index in [1.807, 2.05) is 29.2 Å². The molecular formula is C20H21N5O3. The van der Waals surface area contributed by atoms with E-state index in [1.165, 1.54) is 0 Å². The van der Waals surface area contributed by atoms with Crippen LogP contribution >= 0.6 is 0 Å². The van der Waals surface area contributed by atoms with Crippen LogP contribution in [0.15, 0.2) is 33.6 Å². The molecule has 3 aromatic rings. The average molecular weight is 379 g/mol. The summed E-state index contributed by atoms with van der Waals surface area (Å²) >= 11 is 0. The predicted octanol–water partition coefficient (Wildman–Crippen LogP) is 1.54. The van der Waals surface area contributed by atoms with Crippen LogP contribution in [-0.2, 0) is 23.1 Å². The first-order valence-electron chi connectivity index (χ1n) is 9.56. The summed E-state index contributed by atoms with van der Waals surface area (Å²) in [5.41, 5.74) is 8.46. The number of aromatic amines is 1. The van der Waals surface area contributed by atoms with Crippen LogP contribution in [0.2, 0.25) is 0 Å². The minimum Gasteiger partial charge on any atom is -0.369 e. The van der Waals surface area contributed by atoms with Gasteiger partial charge in [-0.25, -0.2) is 4.98 Å². The van der Waals surface area contributed by atoms with Crippen LogP contribution < -0.4 is 11.3 Å². The van der Waals surface area contributed by atoms with Crippen LogP contribution in [0, 0.1) is 0 Å². The zero-order valence-corrected chi connectivity index (χ0v) is 15.4. The standard InChI is InChI=1S/C20H21N5O3/c21-19-22-17-13(18(27)23-19)5-6-20(17)7-9-25(10-8-20)16(26)11-14-12-3-1-2-4-15(12)28-24-14/h1-4H,5-11H2,(H3,21,22,23,27). The Morgan fingerprint density at radius 2 is 2.04 bits per heavy atom. The van der Waals surface area contributed by atoms with E-state index in [2.05, 4.69) is 15.1 Å². The Morgan fingerprint density at radius 3 is 2.86 bits per heavy atom. The highest BCUT2D eigenvalue weighted by Gasteiger charge is 2.44. The van der Waals surface area contributed by atoms with E-state index in [-0.39, 0.29) is 29.3 Å². The van der Waals surface area contributed by atoms with Crippen LogP contribution in [0.4, 0.5) is 5.95 Å². The number of nitrogens with two attached hydrogens (primary N) is 1. The van der Waals surface area contributed by atoms with Crippen LogP contribution in [-0.4, -0.2) is 39.0 Å². The van der Waals surface area contributed by atoms with Gasteiger partial charge in [0, 0.05) is 29.5 Å². The van der Waals surface area contributed by atoms with Crippen LogP contribution in [0.25, 0.3) is 11.0 Å². The molecule has 3 N–H and O–H groups in total. The predicted molar refractivity (Wildman–Crippen MR) is 103 cm³/mol. The first kappa shape index (κ1) is 17.0. The number of rotatable bonds is 2.